The lowest BCUT2D eigenvalue weighted by Gasteiger charge is -2.29. The molecule has 1 heterocycles. The van der Waals surface area contributed by atoms with E-state index in [9.17, 15) is 4.79 Å². The van der Waals surface area contributed by atoms with Gasteiger partial charge in [0.2, 0.25) is 5.91 Å². The van der Waals surface area contributed by atoms with Gasteiger partial charge in [-0.3, -0.25) is 4.79 Å². The Kier molecular flexibility index (Phi) is 1.79. The lowest BCUT2D eigenvalue weighted by molar-refractivity contribution is -0.131. The van der Waals surface area contributed by atoms with Crippen LogP contribution in [0.25, 0.3) is 0 Å². The average molecular weight is 204 g/mol. The second-order valence-corrected chi connectivity index (χ2v) is 4.94. The molecule has 1 aliphatic heterocycles. The standard InChI is InChI=1S/C12H16N2O/c1-3-10-11-8-4-5-9(6-8)12(11)14(13-10)7(2)15/h3,8-9,11-12H,1,4-6H2,2H3. The van der Waals surface area contributed by atoms with Crippen molar-refractivity contribution in [1.29, 1.82) is 0 Å². The molecule has 0 aromatic carbocycles. The van der Waals surface area contributed by atoms with Gasteiger partial charge >= 0.3 is 0 Å². The molecule has 2 saturated carbocycles. The zero-order valence-corrected chi connectivity index (χ0v) is 9.02. The van der Waals surface area contributed by atoms with Crippen molar-refractivity contribution in [2.45, 2.75) is 32.2 Å². The second-order valence-electron chi connectivity index (χ2n) is 4.94. The van der Waals surface area contributed by atoms with Crippen LogP contribution in [0.5, 0.6) is 0 Å². The van der Waals surface area contributed by atoms with Gasteiger partial charge < -0.3 is 0 Å². The second kappa shape index (κ2) is 2.94. The molecule has 1 amide bonds. The van der Waals surface area contributed by atoms with Gasteiger partial charge in [0.1, 0.15) is 0 Å². The minimum atomic E-state index is 0.0781. The lowest BCUT2D eigenvalue weighted by Crippen LogP contribution is -2.40. The van der Waals surface area contributed by atoms with E-state index in [-0.39, 0.29) is 5.91 Å². The summed E-state index contributed by atoms with van der Waals surface area (Å²) in [6, 6.07) is 0.356. The maximum atomic E-state index is 11.5. The number of carbonyl (C=O) groups is 1. The topological polar surface area (TPSA) is 32.7 Å². The van der Waals surface area contributed by atoms with Crippen molar-refractivity contribution in [3.8, 4) is 0 Å². The largest absolute Gasteiger partial charge is 0.273 e. The van der Waals surface area contributed by atoms with Crippen LogP contribution >= 0.6 is 0 Å². The van der Waals surface area contributed by atoms with Gasteiger partial charge in [-0.2, -0.15) is 5.10 Å². The molecule has 2 aliphatic carbocycles. The predicted molar refractivity (Wildman–Crippen MR) is 58.3 cm³/mol. The van der Waals surface area contributed by atoms with Crippen molar-refractivity contribution in [2.75, 3.05) is 0 Å². The van der Waals surface area contributed by atoms with Crippen molar-refractivity contribution >= 4 is 11.6 Å². The molecule has 15 heavy (non-hydrogen) atoms. The Balaban J connectivity index is 1.99. The summed E-state index contributed by atoms with van der Waals surface area (Å²) in [5.74, 6) is 2.01. The van der Waals surface area contributed by atoms with Crippen LogP contribution in [-0.2, 0) is 4.79 Å². The van der Waals surface area contributed by atoms with Gasteiger partial charge in [0.25, 0.3) is 0 Å². The molecule has 4 unspecified atom stereocenters. The normalized spacial score (nSPS) is 41.7. The summed E-state index contributed by atoms with van der Waals surface area (Å²) < 4.78 is 0. The van der Waals surface area contributed by atoms with Crippen LogP contribution in [0.4, 0.5) is 0 Å². The first-order valence-corrected chi connectivity index (χ1v) is 5.73. The maximum Gasteiger partial charge on any atom is 0.239 e. The molecule has 0 radical (unpaired) electrons. The van der Waals surface area contributed by atoms with E-state index < -0.39 is 0 Å². The molecule has 3 rings (SSSR count). The van der Waals surface area contributed by atoms with Crippen LogP contribution in [0.2, 0.25) is 0 Å². The molecular weight excluding hydrogens is 188 g/mol. The van der Waals surface area contributed by atoms with E-state index in [0.717, 1.165) is 11.6 Å². The van der Waals surface area contributed by atoms with Crippen LogP contribution in [0.15, 0.2) is 17.8 Å². The van der Waals surface area contributed by atoms with Gasteiger partial charge in [-0.05, 0) is 37.2 Å². The third-order valence-electron chi connectivity index (χ3n) is 4.25. The molecule has 3 heteroatoms. The summed E-state index contributed by atoms with van der Waals surface area (Å²) in [6.07, 6.45) is 5.70. The molecule has 2 bridgehead atoms. The molecular formula is C12H16N2O. The molecule has 0 aromatic rings. The third-order valence-corrected chi connectivity index (χ3v) is 4.25. The van der Waals surface area contributed by atoms with Crippen LogP contribution < -0.4 is 0 Å². The minimum Gasteiger partial charge on any atom is -0.273 e. The molecule has 0 aromatic heterocycles. The fourth-order valence-electron chi connectivity index (χ4n) is 3.74. The third kappa shape index (κ3) is 1.06. The Morgan fingerprint density at radius 1 is 1.53 bits per heavy atom. The Morgan fingerprint density at radius 2 is 2.27 bits per heavy atom. The number of hydrogen-bond donors (Lipinski definition) is 0. The number of hydrazone groups is 1. The SMILES string of the molecule is C=CC1=NN(C(C)=O)C2C3CCC(C3)C12. The molecule has 0 spiro atoms. The number of allylic oxidation sites excluding steroid dienone is 1. The molecule has 0 N–H and O–H groups in total. The molecule has 3 aliphatic rings. The smallest absolute Gasteiger partial charge is 0.239 e. The van der Waals surface area contributed by atoms with E-state index in [1.54, 1.807) is 11.9 Å². The highest BCUT2D eigenvalue weighted by Gasteiger charge is 2.55. The van der Waals surface area contributed by atoms with Gasteiger partial charge in [0.15, 0.2) is 0 Å². The fraction of sp³-hybridized carbons (Fsp3) is 0.667. The Hall–Kier alpha value is -1.12. The highest BCUT2D eigenvalue weighted by atomic mass is 16.2. The van der Waals surface area contributed by atoms with Crippen molar-refractivity contribution < 1.29 is 4.79 Å². The first-order valence-electron chi connectivity index (χ1n) is 5.73. The average Bonchev–Trinajstić information content (AvgIpc) is 2.88. The van der Waals surface area contributed by atoms with Gasteiger partial charge in [-0.1, -0.05) is 6.58 Å². The zero-order chi connectivity index (χ0) is 10.6. The monoisotopic (exact) mass is 204 g/mol. The first kappa shape index (κ1) is 9.13. The van der Waals surface area contributed by atoms with Crippen LogP contribution in [0, 0.1) is 17.8 Å². The highest BCUT2D eigenvalue weighted by molar-refractivity contribution is 6.00. The summed E-state index contributed by atoms with van der Waals surface area (Å²) in [5.41, 5.74) is 1.04. The van der Waals surface area contributed by atoms with E-state index in [1.165, 1.54) is 19.3 Å². The molecule has 0 saturated heterocycles. The van der Waals surface area contributed by atoms with Crippen molar-refractivity contribution in [2.24, 2.45) is 22.9 Å². The predicted octanol–water partition coefficient (Wildman–Crippen LogP) is 1.81. The Morgan fingerprint density at radius 3 is 2.93 bits per heavy atom. The number of fused-ring (bicyclic) bond motifs is 5. The number of nitrogens with zero attached hydrogens (tertiary/aromatic N) is 2. The summed E-state index contributed by atoms with van der Waals surface area (Å²) in [5, 5.41) is 6.13. The molecule has 4 atom stereocenters. The van der Waals surface area contributed by atoms with Crippen molar-refractivity contribution in [3.63, 3.8) is 0 Å². The number of hydrogen-bond acceptors (Lipinski definition) is 2. The van der Waals surface area contributed by atoms with E-state index in [1.807, 2.05) is 6.08 Å². The number of carbonyl (C=O) groups excluding carboxylic acids is 1. The molecule has 2 fully saturated rings. The minimum absolute atomic E-state index is 0.0781. The van der Waals surface area contributed by atoms with Crippen LogP contribution in [-0.4, -0.2) is 22.7 Å². The van der Waals surface area contributed by atoms with Crippen molar-refractivity contribution in [3.05, 3.63) is 12.7 Å². The van der Waals surface area contributed by atoms with E-state index in [0.29, 0.717) is 17.9 Å². The molecule has 80 valence electrons. The number of rotatable bonds is 1. The first-order chi connectivity index (χ1) is 7.22. The Bertz CT molecular complexity index is 361. The highest BCUT2D eigenvalue weighted by Crippen LogP contribution is 2.53. The zero-order valence-electron chi connectivity index (χ0n) is 9.02. The van der Waals surface area contributed by atoms with Gasteiger partial charge in [0, 0.05) is 12.8 Å². The lowest BCUT2D eigenvalue weighted by atomic mass is 9.82. The van der Waals surface area contributed by atoms with Gasteiger partial charge in [-0.15, -0.1) is 0 Å². The Labute approximate surface area is 89.8 Å². The van der Waals surface area contributed by atoms with Crippen LogP contribution in [0.3, 0.4) is 0 Å². The summed E-state index contributed by atoms with van der Waals surface area (Å²) in [4.78, 5) is 11.5. The van der Waals surface area contributed by atoms with E-state index in [2.05, 4.69) is 11.7 Å². The van der Waals surface area contributed by atoms with Crippen LogP contribution in [0.1, 0.15) is 26.2 Å². The quantitative estimate of drug-likeness (QED) is 0.641. The fourth-order valence-corrected chi connectivity index (χ4v) is 3.74. The maximum absolute atomic E-state index is 11.5. The summed E-state index contributed by atoms with van der Waals surface area (Å²) >= 11 is 0. The van der Waals surface area contributed by atoms with E-state index in [4.69, 9.17) is 0 Å². The summed E-state index contributed by atoms with van der Waals surface area (Å²) in [6.45, 7) is 5.42. The number of amides is 1. The molecule has 3 nitrogen and oxygen atoms in total. The van der Waals surface area contributed by atoms with Gasteiger partial charge in [-0.25, -0.2) is 5.01 Å². The van der Waals surface area contributed by atoms with Gasteiger partial charge in [0.05, 0.1) is 11.8 Å². The summed E-state index contributed by atoms with van der Waals surface area (Å²) in [7, 11) is 0. The van der Waals surface area contributed by atoms with Crippen molar-refractivity contribution in [1.82, 2.24) is 5.01 Å². The van der Waals surface area contributed by atoms with E-state index >= 15 is 0 Å².